The maximum Gasteiger partial charge on any atom is 0.276 e. The molecule has 0 saturated carbocycles. The topological polar surface area (TPSA) is 61.4 Å². The molecule has 0 aliphatic carbocycles. The second-order valence-electron chi connectivity index (χ2n) is 3.05. The van der Waals surface area contributed by atoms with E-state index in [4.69, 9.17) is 0 Å². The summed E-state index contributed by atoms with van der Waals surface area (Å²) >= 11 is 0. The van der Waals surface area contributed by atoms with Crippen molar-refractivity contribution < 1.29 is 8.42 Å². The van der Waals surface area contributed by atoms with E-state index >= 15 is 0 Å². The number of hydrogen-bond acceptors (Lipinski definition) is 3. The highest BCUT2D eigenvalue weighted by Gasteiger charge is 2.05. The van der Waals surface area contributed by atoms with Gasteiger partial charge in [0.1, 0.15) is 0 Å². The van der Waals surface area contributed by atoms with Crippen molar-refractivity contribution >= 4 is 10.2 Å². The summed E-state index contributed by atoms with van der Waals surface area (Å²) in [5.74, 6) is 0. The lowest BCUT2D eigenvalue weighted by molar-refractivity contribution is 0.399. The van der Waals surface area contributed by atoms with Crippen LogP contribution in [0.3, 0.4) is 0 Å². The SMILES string of the molecule is CCNS(=O)(=O)NCCCN(C)C. The predicted molar refractivity (Wildman–Crippen MR) is 53.8 cm³/mol. The molecule has 0 aliphatic heterocycles. The Hall–Kier alpha value is -0.170. The van der Waals surface area contributed by atoms with E-state index in [-0.39, 0.29) is 0 Å². The number of nitrogens with zero attached hydrogens (tertiary/aromatic N) is 1. The van der Waals surface area contributed by atoms with E-state index in [0.29, 0.717) is 13.1 Å². The summed E-state index contributed by atoms with van der Waals surface area (Å²) in [5.41, 5.74) is 0. The summed E-state index contributed by atoms with van der Waals surface area (Å²) in [5, 5.41) is 0. The van der Waals surface area contributed by atoms with Crippen molar-refractivity contribution in [2.24, 2.45) is 0 Å². The zero-order valence-electron chi connectivity index (χ0n) is 8.50. The molecular weight excluding hydrogens is 190 g/mol. The molecule has 0 aromatic rings. The average molecular weight is 209 g/mol. The van der Waals surface area contributed by atoms with Crippen molar-refractivity contribution in [3.8, 4) is 0 Å². The van der Waals surface area contributed by atoms with Crippen molar-refractivity contribution in [3.05, 3.63) is 0 Å². The first-order valence-electron chi connectivity index (χ1n) is 4.37. The molecule has 0 bridgehead atoms. The first kappa shape index (κ1) is 12.8. The van der Waals surface area contributed by atoms with Crippen molar-refractivity contribution in [1.29, 1.82) is 0 Å². The monoisotopic (exact) mass is 209 g/mol. The smallest absolute Gasteiger partial charge is 0.276 e. The van der Waals surface area contributed by atoms with Gasteiger partial charge in [-0.25, -0.2) is 9.44 Å². The summed E-state index contributed by atoms with van der Waals surface area (Å²) < 4.78 is 26.9. The highest BCUT2D eigenvalue weighted by molar-refractivity contribution is 7.87. The Labute approximate surface area is 80.7 Å². The van der Waals surface area contributed by atoms with E-state index < -0.39 is 10.2 Å². The quantitative estimate of drug-likeness (QED) is 0.549. The molecule has 2 N–H and O–H groups in total. The molecule has 6 heteroatoms. The lowest BCUT2D eigenvalue weighted by Crippen LogP contribution is -2.37. The van der Waals surface area contributed by atoms with Crippen LogP contribution in [0.1, 0.15) is 13.3 Å². The Morgan fingerprint density at radius 2 is 1.85 bits per heavy atom. The van der Waals surface area contributed by atoms with Gasteiger partial charge in [0.2, 0.25) is 0 Å². The van der Waals surface area contributed by atoms with Crippen LogP contribution < -0.4 is 9.44 Å². The highest BCUT2D eigenvalue weighted by atomic mass is 32.2. The molecule has 0 aromatic carbocycles. The van der Waals surface area contributed by atoms with Gasteiger partial charge in [-0.2, -0.15) is 8.42 Å². The van der Waals surface area contributed by atoms with Gasteiger partial charge < -0.3 is 4.90 Å². The third kappa shape index (κ3) is 8.17. The molecule has 0 aromatic heterocycles. The van der Waals surface area contributed by atoms with Crippen LogP contribution in [0.2, 0.25) is 0 Å². The van der Waals surface area contributed by atoms with Crippen LogP contribution in [0.4, 0.5) is 0 Å². The van der Waals surface area contributed by atoms with Crippen LogP contribution in [-0.2, 0) is 10.2 Å². The molecule has 0 amide bonds. The fourth-order valence-corrected chi connectivity index (χ4v) is 1.74. The minimum absolute atomic E-state index is 0.420. The zero-order valence-corrected chi connectivity index (χ0v) is 9.32. The van der Waals surface area contributed by atoms with Crippen LogP contribution in [0.15, 0.2) is 0 Å². The predicted octanol–water partition coefficient (Wildman–Crippen LogP) is -0.618. The standard InChI is InChI=1S/C7H19N3O2S/c1-4-8-13(11,12)9-6-5-7-10(2)3/h8-9H,4-7H2,1-3H3. The van der Waals surface area contributed by atoms with Crippen molar-refractivity contribution in [2.45, 2.75) is 13.3 Å². The van der Waals surface area contributed by atoms with Crippen LogP contribution >= 0.6 is 0 Å². The molecule has 0 rings (SSSR count). The summed E-state index contributed by atoms with van der Waals surface area (Å²) in [6.07, 6.45) is 0.817. The summed E-state index contributed by atoms with van der Waals surface area (Å²) in [7, 11) is 0.666. The van der Waals surface area contributed by atoms with E-state index in [1.54, 1.807) is 6.92 Å². The van der Waals surface area contributed by atoms with Gasteiger partial charge in [0.05, 0.1) is 0 Å². The third-order valence-electron chi connectivity index (χ3n) is 1.41. The van der Waals surface area contributed by atoms with E-state index in [2.05, 4.69) is 9.44 Å². The van der Waals surface area contributed by atoms with Gasteiger partial charge in [-0.15, -0.1) is 0 Å². The largest absolute Gasteiger partial charge is 0.309 e. The Bertz CT molecular complexity index is 214. The first-order chi connectivity index (χ1) is 5.98. The van der Waals surface area contributed by atoms with Crippen molar-refractivity contribution in [1.82, 2.24) is 14.3 Å². The van der Waals surface area contributed by atoms with Gasteiger partial charge >= 0.3 is 0 Å². The van der Waals surface area contributed by atoms with Gasteiger partial charge in [0.15, 0.2) is 0 Å². The molecule has 0 unspecified atom stereocenters. The van der Waals surface area contributed by atoms with E-state index in [0.717, 1.165) is 13.0 Å². The van der Waals surface area contributed by atoms with Gasteiger partial charge in [0, 0.05) is 13.1 Å². The maximum absolute atomic E-state index is 11.0. The van der Waals surface area contributed by atoms with Crippen molar-refractivity contribution in [2.75, 3.05) is 33.7 Å². The maximum atomic E-state index is 11.0. The molecule has 0 radical (unpaired) electrons. The van der Waals surface area contributed by atoms with Gasteiger partial charge in [-0.3, -0.25) is 0 Å². The van der Waals surface area contributed by atoms with Crippen LogP contribution in [-0.4, -0.2) is 47.0 Å². The molecule has 0 heterocycles. The normalized spacial score (nSPS) is 12.3. The van der Waals surface area contributed by atoms with Crippen LogP contribution in [0.5, 0.6) is 0 Å². The van der Waals surface area contributed by atoms with Gasteiger partial charge in [0.25, 0.3) is 10.2 Å². The summed E-state index contributed by atoms with van der Waals surface area (Å²) in [4.78, 5) is 2.02. The van der Waals surface area contributed by atoms with E-state index in [1.165, 1.54) is 0 Å². The molecule has 0 saturated heterocycles. The molecule has 5 nitrogen and oxygen atoms in total. The molecule has 0 fully saturated rings. The first-order valence-corrected chi connectivity index (χ1v) is 5.85. The third-order valence-corrected chi connectivity index (χ3v) is 2.66. The van der Waals surface area contributed by atoms with Gasteiger partial charge in [-0.1, -0.05) is 6.92 Å². The second kappa shape index (κ2) is 6.31. The number of rotatable bonds is 7. The van der Waals surface area contributed by atoms with Crippen LogP contribution in [0.25, 0.3) is 0 Å². The van der Waals surface area contributed by atoms with Crippen molar-refractivity contribution in [3.63, 3.8) is 0 Å². The lowest BCUT2D eigenvalue weighted by Gasteiger charge is -2.10. The van der Waals surface area contributed by atoms with E-state index in [9.17, 15) is 8.42 Å². The Kier molecular flexibility index (Phi) is 6.23. The molecule has 0 spiro atoms. The molecular formula is C7H19N3O2S. The summed E-state index contributed by atoms with van der Waals surface area (Å²) in [6, 6.07) is 0. The minimum atomic E-state index is -3.25. The lowest BCUT2D eigenvalue weighted by atomic mass is 10.4. The minimum Gasteiger partial charge on any atom is -0.309 e. The van der Waals surface area contributed by atoms with E-state index in [1.807, 2.05) is 19.0 Å². The molecule has 0 aliphatic rings. The molecule has 0 atom stereocenters. The Morgan fingerprint density at radius 3 is 2.31 bits per heavy atom. The number of nitrogens with one attached hydrogen (secondary N) is 2. The van der Waals surface area contributed by atoms with Gasteiger partial charge in [-0.05, 0) is 27.1 Å². The molecule has 13 heavy (non-hydrogen) atoms. The Balaban J connectivity index is 3.53. The fraction of sp³-hybridized carbons (Fsp3) is 1.00. The molecule has 80 valence electrons. The Morgan fingerprint density at radius 1 is 1.23 bits per heavy atom. The summed E-state index contributed by atoms with van der Waals surface area (Å²) in [6.45, 7) is 3.53. The number of hydrogen-bond donors (Lipinski definition) is 2. The fourth-order valence-electron chi connectivity index (χ4n) is 0.843. The second-order valence-corrected chi connectivity index (χ2v) is 4.64. The zero-order chi connectivity index (χ0) is 10.3. The van der Waals surface area contributed by atoms with Crippen LogP contribution in [0, 0.1) is 0 Å². The average Bonchev–Trinajstić information content (AvgIpc) is 1.98. The highest BCUT2D eigenvalue weighted by Crippen LogP contribution is 1.83.